The van der Waals surface area contributed by atoms with Crippen molar-refractivity contribution in [1.29, 1.82) is 0 Å². The van der Waals surface area contributed by atoms with E-state index >= 15 is 0 Å². The van der Waals surface area contributed by atoms with Crippen molar-refractivity contribution >= 4 is 16.8 Å². The molecule has 3 rings (SSSR count). The van der Waals surface area contributed by atoms with Crippen molar-refractivity contribution < 1.29 is 4.79 Å². The second-order valence-corrected chi connectivity index (χ2v) is 5.75. The number of H-pyrrole nitrogens is 1. The Bertz CT molecular complexity index is 932. The first kappa shape index (κ1) is 15.9. The number of nitrogens with zero attached hydrogens (tertiary/aromatic N) is 2. The Labute approximate surface area is 140 Å². The highest BCUT2D eigenvalue weighted by atomic mass is 16.2. The van der Waals surface area contributed by atoms with Gasteiger partial charge in [0, 0.05) is 23.8 Å². The molecule has 0 bridgehead atoms. The molecule has 24 heavy (non-hydrogen) atoms. The highest BCUT2D eigenvalue weighted by molar-refractivity contribution is 5.92. The van der Waals surface area contributed by atoms with Gasteiger partial charge in [-0.1, -0.05) is 17.7 Å². The molecule has 0 unspecified atom stereocenters. The Balaban J connectivity index is 1.93. The number of nitrogens with one attached hydrogen (secondary N) is 1. The topological polar surface area (TPSA) is 66.1 Å². The maximum atomic E-state index is 12.6. The lowest BCUT2D eigenvalue weighted by Gasteiger charge is -2.20. The van der Waals surface area contributed by atoms with Gasteiger partial charge in [-0.25, -0.2) is 0 Å². The molecule has 1 N–H and O–H groups in total. The number of aromatic nitrogens is 2. The van der Waals surface area contributed by atoms with Crippen LogP contribution >= 0.6 is 0 Å². The normalized spacial score (nSPS) is 10.8. The van der Waals surface area contributed by atoms with Crippen molar-refractivity contribution in [1.82, 2.24) is 14.9 Å². The van der Waals surface area contributed by atoms with Gasteiger partial charge in [0.15, 0.2) is 0 Å². The molecule has 0 aliphatic heterocycles. The second-order valence-electron chi connectivity index (χ2n) is 5.75. The molecule has 3 aromatic rings. The molecule has 0 fully saturated rings. The Morgan fingerprint density at radius 2 is 2.04 bits per heavy atom. The van der Waals surface area contributed by atoms with Crippen molar-refractivity contribution in [2.24, 2.45) is 0 Å². The van der Waals surface area contributed by atoms with Gasteiger partial charge in [0.2, 0.25) is 0 Å². The lowest BCUT2D eigenvalue weighted by Crippen LogP contribution is -2.33. The first-order chi connectivity index (χ1) is 11.6. The minimum atomic E-state index is -0.179. The van der Waals surface area contributed by atoms with Crippen LogP contribution in [0.1, 0.15) is 28.5 Å². The number of hydrogen-bond acceptors (Lipinski definition) is 3. The maximum Gasteiger partial charge on any atom is 0.272 e. The van der Waals surface area contributed by atoms with Crippen molar-refractivity contribution in [3.05, 3.63) is 75.8 Å². The number of rotatable bonds is 4. The summed E-state index contributed by atoms with van der Waals surface area (Å²) in [6.45, 7) is 4.65. The summed E-state index contributed by atoms with van der Waals surface area (Å²) in [4.78, 5) is 33.5. The zero-order chi connectivity index (χ0) is 17.1. The van der Waals surface area contributed by atoms with E-state index in [-0.39, 0.29) is 18.0 Å². The van der Waals surface area contributed by atoms with Gasteiger partial charge in [-0.15, -0.1) is 0 Å². The van der Waals surface area contributed by atoms with E-state index in [1.165, 1.54) is 0 Å². The lowest BCUT2D eigenvalue weighted by atomic mass is 10.1. The Morgan fingerprint density at radius 1 is 1.21 bits per heavy atom. The van der Waals surface area contributed by atoms with Crippen LogP contribution < -0.4 is 5.56 Å². The Morgan fingerprint density at radius 3 is 2.75 bits per heavy atom. The number of pyridine rings is 2. The van der Waals surface area contributed by atoms with Gasteiger partial charge in [0.05, 0.1) is 6.54 Å². The smallest absolute Gasteiger partial charge is 0.272 e. The van der Waals surface area contributed by atoms with Gasteiger partial charge in [0.1, 0.15) is 5.69 Å². The van der Waals surface area contributed by atoms with Crippen molar-refractivity contribution in [2.75, 3.05) is 6.54 Å². The highest BCUT2D eigenvalue weighted by Gasteiger charge is 2.17. The maximum absolute atomic E-state index is 12.6. The molecule has 0 aliphatic carbocycles. The van der Waals surface area contributed by atoms with Gasteiger partial charge in [0.25, 0.3) is 11.5 Å². The van der Waals surface area contributed by atoms with Gasteiger partial charge < -0.3 is 9.88 Å². The van der Waals surface area contributed by atoms with Gasteiger partial charge in [-0.2, -0.15) is 0 Å². The summed E-state index contributed by atoms with van der Waals surface area (Å²) in [6.07, 6.45) is 1.59. The van der Waals surface area contributed by atoms with E-state index in [9.17, 15) is 9.59 Å². The number of amides is 1. The first-order valence-corrected chi connectivity index (χ1v) is 7.91. The van der Waals surface area contributed by atoms with Crippen LogP contribution in [0.4, 0.5) is 0 Å². The van der Waals surface area contributed by atoms with Crippen LogP contribution in [0.5, 0.6) is 0 Å². The molecule has 1 amide bonds. The summed E-state index contributed by atoms with van der Waals surface area (Å²) < 4.78 is 0. The van der Waals surface area contributed by atoms with Gasteiger partial charge in [-0.3, -0.25) is 14.6 Å². The highest BCUT2D eigenvalue weighted by Crippen LogP contribution is 2.14. The lowest BCUT2D eigenvalue weighted by molar-refractivity contribution is 0.0746. The summed E-state index contributed by atoms with van der Waals surface area (Å²) in [5.74, 6) is -0.179. The predicted octanol–water partition coefficient (Wildman–Crippen LogP) is 2.89. The minimum Gasteiger partial charge on any atom is -0.333 e. The van der Waals surface area contributed by atoms with Crippen LogP contribution in [-0.2, 0) is 6.54 Å². The molecule has 0 saturated carbocycles. The Kier molecular flexibility index (Phi) is 4.42. The molecule has 0 radical (unpaired) electrons. The molecule has 0 saturated heterocycles. The number of fused-ring (bicyclic) bond motifs is 1. The van der Waals surface area contributed by atoms with Crippen LogP contribution in [-0.4, -0.2) is 27.3 Å². The quantitative estimate of drug-likeness (QED) is 0.803. The number of carbonyl (C=O) groups is 1. The number of aryl methyl sites for hydroxylation is 1. The third-order valence-corrected chi connectivity index (χ3v) is 3.99. The van der Waals surface area contributed by atoms with Crippen molar-refractivity contribution in [3.8, 4) is 0 Å². The molecule has 0 atom stereocenters. The molecular formula is C19H19N3O2. The molecule has 5 nitrogen and oxygen atoms in total. The molecule has 0 spiro atoms. The van der Waals surface area contributed by atoms with Crippen LogP contribution in [0.25, 0.3) is 10.9 Å². The SMILES string of the molecule is CCN(Cc1cc2cc(C)ccc2[nH]c1=O)C(=O)c1ccccn1. The second kappa shape index (κ2) is 6.66. The molecule has 2 aromatic heterocycles. The number of benzene rings is 1. The van der Waals surface area contributed by atoms with E-state index < -0.39 is 0 Å². The third-order valence-electron chi connectivity index (χ3n) is 3.99. The molecule has 1 aromatic carbocycles. The molecule has 2 heterocycles. The number of hydrogen-bond donors (Lipinski definition) is 1. The third kappa shape index (κ3) is 3.20. The van der Waals surface area contributed by atoms with E-state index in [0.29, 0.717) is 17.8 Å². The fourth-order valence-corrected chi connectivity index (χ4v) is 2.67. The molecule has 5 heteroatoms. The van der Waals surface area contributed by atoms with Crippen molar-refractivity contribution in [2.45, 2.75) is 20.4 Å². The fourth-order valence-electron chi connectivity index (χ4n) is 2.67. The van der Waals surface area contributed by atoms with Gasteiger partial charge >= 0.3 is 0 Å². The van der Waals surface area contributed by atoms with E-state index in [1.807, 2.05) is 38.1 Å². The predicted molar refractivity (Wildman–Crippen MR) is 94.0 cm³/mol. The van der Waals surface area contributed by atoms with Crippen LogP contribution in [0.2, 0.25) is 0 Å². The summed E-state index contributed by atoms with van der Waals surface area (Å²) in [6, 6.07) is 13.0. The Hall–Kier alpha value is -2.95. The summed E-state index contributed by atoms with van der Waals surface area (Å²) >= 11 is 0. The van der Waals surface area contributed by atoms with E-state index in [1.54, 1.807) is 29.3 Å². The zero-order valence-corrected chi connectivity index (χ0v) is 13.7. The first-order valence-electron chi connectivity index (χ1n) is 7.91. The number of aromatic amines is 1. The van der Waals surface area contributed by atoms with Crippen LogP contribution in [0.3, 0.4) is 0 Å². The summed E-state index contributed by atoms with van der Waals surface area (Å²) in [7, 11) is 0. The number of carbonyl (C=O) groups excluding carboxylic acids is 1. The largest absolute Gasteiger partial charge is 0.333 e. The van der Waals surface area contributed by atoms with E-state index in [0.717, 1.165) is 16.5 Å². The summed E-state index contributed by atoms with van der Waals surface area (Å²) in [5.41, 5.74) is 2.70. The molecule has 122 valence electrons. The monoisotopic (exact) mass is 321 g/mol. The minimum absolute atomic E-state index is 0.168. The fraction of sp³-hybridized carbons (Fsp3) is 0.211. The zero-order valence-electron chi connectivity index (χ0n) is 13.7. The standard InChI is InChI=1S/C19H19N3O2/c1-3-22(19(24)17-6-4-5-9-20-17)12-15-11-14-10-13(2)7-8-16(14)21-18(15)23/h4-11H,3,12H2,1-2H3,(H,21,23). The van der Waals surface area contributed by atoms with Gasteiger partial charge in [-0.05, 0) is 49.6 Å². The van der Waals surface area contributed by atoms with Crippen molar-refractivity contribution in [3.63, 3.8) is 0 Å². The van der Waals surface area contributed by atoms with Crippen LogP contribution in [0, 0.1) is 6.92 Å². The van der Waals surface area contributed by atoms with E-state index in [4.69, 9.17) is 0 Å². The average molecular weight is 321 g/mol. The van der Waals surface area contributed by atoms with Crippen LogP contribution in [0.15, 0.2) is 53.5 Å². The van der Waals surface area contributed by atoms with E-state index in [2.05, 4.69) is 9.97 Å². The average Bonchev–Trinajstić information content (AvgIpc) is 2.60. The molecular weight excluding hydrogens is 302 g/mol. The summed E-state index contributed by atoms with van der Waals surface area (Å²) in [5, 5.41) is 0.964. The molecule has 0 aliphatic rings.